The van der Waals surface area contributed by atoms with E-state index in [0.717, 1.165) is 24.8 Å². The summed E-state index contributed by atoms with van der Waals surface area (Å²) in [5.41, 5.74) is 2.47. The third-order valence-corrected chi connectivity index (χ3v) is 4.37. The summed E-state index contributed by atoms with van der Waals surface area (Å²) in [6.45, 7) is 8.80. The van der Waals surface area contributed by atoms with Gasteiger partial charge in [-0.2, -0.15) is 5.10 Å². The topological polar surface area (TPSA) is 64.0 Å². The van der Waals surface area contributed by atoms with Gasteiger partial charge in [-0.1, -0.05) is 58.4 Å². The van der Waals surface area contributed by atoms with Crippen LogP contribution in [0.1, 0.15) is 68.2 Å². The third-order valence-electron chi connectivity index (χ3n) is 4.37. The molecule has 1 aromatic carbocycles. The SMILES string of the molecule is CCCc1ccc(C(NC(=O)c2ccc(=O)n(CCC)n2)C(C)C)cc1. The number of aromatic nitrogens is 2. The fourth-order valence-corrected chi connectivity index (χ4v) is 2.97. The van der Waals surface area contributed by atoms with E-state index in [-0.39, 0.29) is 29.1 Å². The molecule has 5 heteroatoms. The van der Waals surface area contributed by atoms with Crippen LogP contribution in [0.3, 0.4) is 0 Å². The predicted molar refractivity (Wildman–Crippen MR) is 104 cm³/mol. The van der Waals surface area contributed by atoms with Crippen molar-refractivity contribution in [3.05, 3.63) is 63.6 Å². The number of amides is 1. The molecule has 1 amide bonds. The van der Waals surface area contributed by atoms with Gasteiger partial charge in [-0.05, 0) is 36.0 Å². The summed E-state index contributed by atoms with van der Waals surface area (Å²) in [6, 6.07) is 11.2. The van der Waals surface area contributed by atoms with Crippen LogP contribution in [0, 0.1) is 5.92 Å². The van der Waals surface area contributed by atoms with Crippen LogP contribution in [0.2, 0.25) is 0 Å². The summed E-state index contributed by atoms with van der Waals surface area (Å²) in [5.74, 6) is -0.0243. The zero-order valence-corrected chi connectivity index (χ0v) is 16.2. The number of nitrogens with zero attached hydrogens (tertiary/aromatic N) is 2. The summed E-state index contributed by atoms with van der Waals surface area (Å²) < 4.78 is 1.35. The summed E-state index contributed by atoms with van der Waals surface area (Å²) in [5, 5.41) is 7.27. The molecule has 0 radical (unpaired) electrons. The summed E-state index contributed by atoms with van der Waals surface area (Å²) >= 11 is 0. The summed E-state index contributed by atoms with van der Waals surface area (Å²) in [6.07, 6.45) is 2.96. The molecule has 0 fully saturated rings. The maximum absolute atomic E-state index is 12.7. The van der Waals surface area contributed by atoms with E-state index < -0.39 is 0 Å². The fourth-order valence-electron chi connectivity index (χ4n) is 2.97. The number of aryl methyl sites for hydroxylation is 2. The monoisotopic (exact) mass is 355 g/mol. The Morgan fingerprint density at radius 2 is 1.77 bits per heavy atom. The molecule has 1 aromatic heterocycles. The van der Waals surface area contributed by atoms with Crippen LogP contribution < -0.4 is 10.9 Å². The molecule has 1 atom stereocenters. The van der Waals surface area contributed by atoms with E-state index in [0.29, 0.717) is 6.54 Å². The first-order chi connectivity index (χ1) is 12.5. The van der Waals surface area contributed by atoms with Crippen molar-refractivity contribution in [2.75, 3.05) is 0 Å². The Balaban J connectivity index is 2.20. The molecule has 0 saturated heterocycles. The second kappa shape index (κ2) is 9.32. The second-order valence-corrected chi connectivity index (χ2v) is 6.97. The van der Waals surface area contributed by atoms with Crippen LogP contribution in [0.25, 0.3) is 0 Å². The van der Waals surface area contributed by atoms with Crippen LogP contribution in [-0.4, -0.2) is 15.7 Å². The highest BCUT2D eigenvalue weighted by atomic mass is 16.2. The van der Waals surface area contributed by atoms with Crippen LogP contribution in [0.15, 0.2) is 41.2 Å². The Morgan fingerprint density at radius 1 is 1.08 bits per heavy atom. The first-order valence-corrected chi connectivity index (χ1v) is 9.44. The van der Waals surface area contributed by atoms with Crippen LogP contribution in [0.5, 0.6) is 0 Å². The number of hydrogen-bond donors (Lipinski definition) is 1. The van der Waals surface area contributed by atoms with Crippen LogP contribution >= 0.6 is 0 Å². The Morgan fingerprint density at radius 3 is 2.35 bits per heavy atom. The Kier molecular flexibility index (Phi) is 7.13. The minimum absolute atomic E-state index is 0.105. The van der Waals surface area contributed by atoms with Gasteiger partial charge in [-0.15, -0.1) is 0 Å². The molecule has 1 heterocycles. The van der Waals surface area contributed by atoms with Gasteiger partial charge in [0.15, 0.2) is 0 Å². The van der Waals surface area contributed by atoms with E-state index in [4.69, 9.17) is 0 Å². The molecule has 140 valence electrons. The average molecular weight is 355 g/mol. The molecule has 0 saturated carbocycles. The number of benzene rings is 1. The first-order valence-electron chi connectivity index (χ1n) is 9.44. The smallest absolute Gasteiger partial charge is 0.272 e. The molecule has 2 rings (SSSR count). The van der Waals surface area contributed by atoms with Crippen molar-refractivity contribution in [1.82, 2.24) is 15.1 Å². The second-order valence-electron chi connectivity index (χ2n) is 6.97. The largest absolute Gasteiger partial charge is 0.344 e. The van der Waals surface area contributed by atoms with E-state index >= 15 is 0 Å². The normalized spacial score (nSPS) is 12.2. The van der Waals surface area contributed by atoms with Crippen molar-refractivity contribution >= 4 is 5.91 Å². The van der Waals surface area contributed by atoms with E-state index in [1.165, 1.54) is 22.4 Å². The number of carbonyl (C=O) groups excluding carboxylic acids is 1. The Labute approximate surface area is 155 Å². The zero-order chi connectivity index (χ0) is 19.1. The van der Waals surface area contributed by atoms with Crippen molar-refractivity contribution in [2.45, 2.75) is 59.5 Å². The van der Waals surface area contributed by atoms with Gasteiger partial charge >= 0.3 is 0 Å². The number of rotatable bonds is 8. The van der Waals surface area contributed by atoms with Gasteiger partial charge in [0, 0.05) is 12.6 Å². The Hall–Kier alpha value is -2.43. The average Bonchev–Trinajstić information content (AvgIpc) is 2.62. The molecule has 2 aromatic rings. The van der Waals surface area contributed by atoms with Crippen molar-refractivity contribution in [1.29, 1.82) is 0 Å². The van der Waals surface area contributed by atoms with Crippen molar-refractivity contribution in [2.24, 2.45) is 5.92 Å². The lowest BCUT2D eigenvalue weighted by molar-refractivity contribution is 0.0918. The highest BCUT2D eigenvalue weighted by molar-refractivity contribution is 5.92. The lowest BCUT2D eigenvalue weighted by atomic mass is 9.94. The molecule has 0 aliphatic carbocycles. The van der Waals surface area contributed by atoms with E-state index in [1.54, 1.807) is 0 Å². The van der Waals surface area contributed by atoms with Gasteiger partial charge in [0.1, 0.15) is 5.69 Å². The predicted octanol–water partition coefficient (Wildman–Crippen LogP) is 3.73. The quantitative estimate of drug-likeness (QED) is 0.785. The molecule has 0 spiro atoms. The molecular formula is C21H29N3O2. The maximum atomic E-state index is 12.7. The molecular weight excluding hydrogens is 326 g/mol. The molecule has 0 aliphatic rings. The van der Waals surface area contributed by atoms with Gasteiger partial charge in [0.25, 0.3) is 11.5 Å². The lowest BCUT2D eigenvalue weighted by Gasteiger charge is -2.23. The standard InChI is InChI=1S/C21H29N3O2/c1-5-7-16-8-10-17(11-9-16)20(15(3)4)22-21(26)18-12-13-19(25)24(23-18)14-6-2/h8-13,15,20H,5-7,14H2,1-4H3,(H,22,26). The van der Waals surface area contributed by atoms with Gasteiger partial charge in [0.2, 0.25) is 0 Å². The molecule has 5 nitrogen and oxygen atoms in total. The lowest BCUT2D eigenvalue weighted by Crippen LogP contribution is -2.34. The van der Waals surface area contributed by atoms with Crippen molar-refractivity contribution in [3.63, 3.8) is 0 Å². The Bertz CT molecular complexity index is 779. The third kappa shape index (κ3) is 5.04. The number of nitrogens with one attached hydrogen (secondary N) is 1. The van der Waals surface area contributed by atoms with E-state index in [1.807, 2.05) is 6.92 Å². The van der Waals surface area contributed by atoms with Crippen molar-refractivity contribution in [3.8, 4) is 0 Å². The first kappa shape index (κ1) is 19.9. The van der Waals surface area contributed by atoms with E-state index in [2.05, 4.69) is 55.5 Å². The maximum Gasteiger partial charge on any atom is 0.272 e. The molecule has 1 N–H and O–H groups in total. The number of hydrogen-bond acceptors (Lipinski definition) is 3. The van der Waals surface area contributed by atoms with Gasteiger partial charge in [-0.25, -0.2) is 4.68 Å². The molecule has 0 aliphatic heterocycles. The molecule has 1 unspecified atom stereocenters. The highest BCUT2D eigenvalue weighted by Crippen LogP contribution is 2.22. The minimum atomic E-state index is -0.258. The summed E-state index contributed by atoms with van der Waals surface area (Å²) in [4.78, 5) is 24.5. The summed E-state index contributed by atoms with van der Waals surface area (Å²) in [7, 11) is 0. The zero-order valence-electron chi connectivity index (χ0n) is 16.2. The number of carbonyl (C=O) groups is 1. The van der Waals surface area contributed by atoms with Gasteiger partial charge in [-0.3, -0.25) is 9.59 Å². The van der Waals surface area contributed by atoms with Crippen LogP contribution in [-0.2, 0) is 13.0 Å². The molecule has 0 bridgehead atoms. The van der Waals surface area contributed by atoms with Gasteiger partial charge in [0.05, 0.1) is 6.04 Å². The van der Waals surface area contributed by atoms with Gasteiger partial charge < -0.3 is 5.32 Å². The van der Waals surface area contributed by atoms with Crippen LogP contribution in [0.4, 0.5) is 0 Å². The van der Waals surface area contributed by atoms with E-state index in [9.17, 15) is 9.59 Å². The van der Waals surface area contributed by atoms with Crippen molar-refractivity contribution < 1.29 is 4.79 Å². The fraction of sp³-hybridized carbons (Fsp3) is 0.476. The molecule has 26 heavy (non-hydrogen) atoms. The highest BCUT2D eigenvalue weighted by Gasteiger charge is 2.20. The minimum Gasteiger partial charge on any atom is -0.344 e.